The van der Waals surface area contributed by atoms with Crippen molar-refractivity contribution in [2.24, 2.45) is 0 Å². The summed E-state index contributed by atoms with van der Waals surface area (Å²) < 4.78 is 31.5. The molecule has 1 heterocycles. The first kappa shape index (κ1) is 23.4. The number of pyridine rings is 1. The van der Waals surface area contributed by atoms with E-state index in [1.54, 1.807) is 37.4 Å². The normalized spacial score (nSPS) is 10.5. The van der Waals surface area contributed by atoms with Gasteiger partial charge in [-0.15, -0.1) is 29.8 Å². The molecule has 2 aromatic carbocycles. The van der Waals surface area contributed by atoms with Crippen molar-refractivity contribution in [1.29, 1.82) is 0 Å². The molecule has 0 unspecified atom stereocenters. The fraction of sp³-hybridized carbons (Fsp3) is 0.143. The summed E-state index contributed by atoms with van der Waals surface area (Å²) in [5.41, 5.74) is 1.76. The van der Waals surface area contributed by atoms with Crippen molar-refractivity contribution in [2.75, 3.05) is 7.11 Å². The number of hydrogen-bond acceptors (Lipinski definition) is 4. The Balaban J connectivity index is 0.000000425. The molecule has 0 saturated carbocycles. The van der Waals surface area contributed by atoms with Crippen LogP contribution in [0.1, 0.15) is 13.8 Å². The number of methoxy groups -OCH3 is 1. The van der Waals surface area contributed by atoms with Crippen LogP contribution in [-0.4, -0.2) is 23.0 Å². The Morgan fingerprint density at radius 3 is 2.39 bits per heavy atom. The molecule has 0 aliphatic carbocycles. The number of aromatic nitrogens is 1. The van der Waals surface area contributed by atoms with E-state index in [9.17, 15) is 13.6 Å². The van der Waals surface area contributed by atoms with E-state index in [-0.39, 0.29) is 31.6 Å². The van der Waals surface area contributed by atoms with Crippen molar-refractivity contribution in [1.82, 2.24) is 4.98 Å². The molecule has 0 atom stereocenters. The topological polar surface area (TPSA) is 59.4 Å². The number of halogens is 2. The van der Waals surface area contributed by atoms with E-state index in [1.165, 1.54) is 19.9 Å². The first-order valence-corrected chi connectivity index (χ1v) is 8.00. The third-order valence-electron chi connectivity index (χ3n) is 3.43. The van der Waals surface area contributed by atoms with Gasteiger partial charge in [0.1, 0.15) is 0 Å². The summed E-state index contributed by atoms with van der Waals surface area (Å²) >= 11 is 0. The number of carbonyl (C=O) groups is 1. The van der Waals surface area contributed by atoms with Crippen molar-refractivity contribution in [2.45, 2.75) is 13.8 Å². The Morgan fingerprint density at radius 2 is 1.82 bits per heavy atom. The SMILES string of the molecule is CC(=O)/C=C(/C)O.COc1cc[c-]c(-c2ccc3cc(F)c(F)cc3n2)c1.[Ir]. The second-order valence-corrected chi connectivity index (χ2v) is 5.69. The number of rotatable bonds is 3. The van der Waals surface area contributed by atoms with Crippen molar-refractivity contribution >= 4 is 16.7 Å². The van der Waals surface area contributed by atoms with Gasteiger partial charge in [0, 0.05) is 43.4 Å². The minimum atomic E-state index is -0.906. The number of carbonyl (C=O) groups excluding carboxylic acids is 1. The zero-order valence-corrected chi connectivity index (χ0v) is 17.8. The molecule has 0 saturated heterocycles. The quantitative estimate of drug-likeness (QED) is 0.277. The van der Waals surface area contributed by atoms with Crippen LogP contribution in [-0.2, 0) is 24.9 Å². The van der Waals surface area contributed by atoms with Gasteiger partial charge in [0.25, 0.3) is 0 Å². The molecule has 1 radical (unpaired) electrons. The van der Waals surface area contributed by atoms with E-state index in [0.717, 1.165) is 17.7 Å². The van der Waals surface area contributed by atoms with Crippen LogP contribution >= 0.6 is 0 Å². The second kappa shape index (κ2) is 10.6. The van der Waals surface area contributed by atoms with Gasteiger partial charge in [0.2, 0.25) is 0 Å². The Bertz CT molecular complexity index is 1000. The van der Waals surface area contributed by atoms with Gasteiger partial charge in [-0.05, 0) is 25.6 Å². The van der Waals surface area contributed by atoms with Gasteiger partial charge >= 0.3 is 0 Å². The van der Waals surface area contributed by atoms with Gasteiger partial charge in [0.15, 0.2) is 17.4 Å². The van der Waals surface area contributed by atoms with Crippen LogP contribution in [0.5, 0.6) is 5.75 Å². The molecule has 0 fully saturated rings. The third-order valence-corrected chi connectivity index (χ3v) is 3.43. The first-order valence-electron chi connectivity index (χ1n) is 8.00. The molecule has 3 aromatic rings. The Labute approximate surface area is 175 Å². The number of aliphatic hydroxyl groups is 1. The van der Waals surface area contributed by atoms with Crippen LogP contribution in [0.25, 0.3) is 22.2 Å². The smallest absolute Gasteiger partial charge is 0.160 e. The van der Waals surface area contributed by atoms with Crippen molar-refractivity contribution in [3.8, 4) is 17.0 Å². The molecule has 0 bridgehead atoms. The molecule has 0 aliphatic rings. The van der Waals surface area contributed by atoms with Crippen LogP contribution in [0, 0.1) is 17.7 Å². The van der Waals surface area contributed by atoms with Crippen LogP contribution in [0.15, 0.2) is 54.3 Å². The minimum Gasteiger partial charge on any atom is -0.516 e. The average Bonchev–Trinajstić information content (AvgIpc) is 2.62. The number of aliphatic hydroxyl groups excluding tert-OH is 1. The standard InChI is InChI=1S/C16H10F2NO.C5H8O2.Ir/c1-20-12-4-2-3-10(7-12)15-6-5-11-8-13(17)14(18)9-16(11)19-15;1-4(6)3-5(2)7;/h2,4-9H,1H3;3,6H,1-2H3;/q-1;;/b;4-3-;. The predicted octanol–water partition coefficient (Wildman–Crippen LogP) is 5.02. The summed E-state index contributed by atoms with van der Waals surface area (Å²) in [6.45, 7) is 2.85. The summed E-state index contributed by atoms with van der Waals surface area (Å²) in [4.78, 5) is 14.3. The predicted molar refractivity (Wildman–Crippen MR) is 99.5 cm³/mol. The zero-order chi connectivity index (χ0) is 20.0. The van der Waals surface area contributed by atoms with Crippen LogP contribution in [0.3, 0.4) is 0 Å². The van der Waals surface area contributed by atoms with Gasteiger partial charge in [-0.2, -0.15) is 0 Å². The number of nitrogens with zero attached hydrogens (tertiary/aromatic N) is 1. The maximum Gasteiger partial charge on any atom is 0.160 e. The third kappa shape index (κ3) is 6.51. The van der Waals surface area contributed by atoms with Crippen molar-refractivity contribution < 1.29 is 43.5 Å². The maximum atomic E-state index is 13.3. The maximum absolute atomic E-state index is 13.3. The van der Waals surface area contributed by atoms with E-state index >= 15 is 0 Å². The Kier molecular flexibility index (Phi) is 8.89. The number of ketones is 1. The number of allylic oxidation sites excluding steroid dienone is 2. The molecule has 28 heavy (non-hydrogen) atoms. The molecule has 3 rings (SSSR count). The van der Waals surface area contributed by atoms with Crippen molar-refractivity contribution in [3.05, 3.63) is 72.0 Å². The number of hydrogen-bond donors (Lipinski definition) is 1. The summed E-state index contributed by atoms with van der Waals surface area (Å²) in [6, 6.07) is 14.0. The Hall–Kier alpha value is -2.63. The zero-order valence-electron chi connectivity index (χ0n) is 15.4. The number of fused-ring (bicyclic) bond motifs is 1. The molecular weight excluding hydrogens is 544 g/mol. The molecule has 0 amide bonds. The monoisotopic (exact) mass is 563 g/mol. The van der Waals surface area contributed by atoms with Crippen LogP contribution in [0.2, 0.25) is 0 Å². The van der Waals surface area contributed by atoms with E-state index in [0.29, 0.717) is 22.3 Å². The Morgan fingerprint density at radius 1 is 1.14 bits per heavy atom. The molecular formula is C21H18F2IrNO3-. The fourth-order valence-corrected chi connectivity index (χ4v) is 2.28. The van der Waals surface area contributed by atoms with E-state index in [1.807, 2.05) is 0 Å². The molecule has 1 N–H and O–H groups in total. The minimum absolute atomic E-state index is 0. The summed E-state index contributed by atoms with van der Waals surface area (Å²) in [7, 11) is 1.57. The van der Waals surface area contributed by atoms with E-state index < -0.39 is 11.6 Å². The van der Waals surface area contributed by atoms with E-state index in [2.05, 4.69) is 11.1 Å². The van der Waals surface area contributed by atoms with E-state index in [4.69, 9.17) is 9.84 Å². The first-order chi connectivity index (χ1) is 12.8. The molecule has 0 spiro atoms. The van der Waals surface area contributed by atoms with Gasteiger partial charge in [-0.25, -0.2) is 8.78 Å². The second-order valence-electron chi connectivity index (χ2n) is 5.69. The fourth-order valence-electron chi connectivity index (χ4n) is 2.28. The number of benzene rings is 2. The molecule has 0 aliphatic heterocycles. The number of ether oxygens (including phenoxy) is 1. The van der Waals surface area contributed by atoms with Crippen molar-refractivity contribution in [3.63, 3.8) is 0 Å². The summed E-state index contributed by atoms with van der Waals surface area (Å²) in [5, 5.41) is 8.91. The van der Waals surface area contributed by atoms with Gasteiger partial charge < -0.3 is 9.84 Å². The molecule has 149 valence electrons. The van der Waals surface area contributed by atoms with Gasteiger partial charge in [0.05, 0.1) is 18.4 Å². The average molecular weight is 563 g/mol. The summed E-state index contributed by atoms with van der Waals surface area (Å²) in [6.07, 6.45) is 1.17. The largest absolute Gasteiger partial charge is 0.516 e. The van der Waals surface area contributed by atoms with Gasteiger partial charge in [-0.1, -0.05) is 12.1 Å². The molecule has 7 heteroatoms. The van der Waals surface area contributed by atoms with Crippen LogP contribution in [0.4, 0.5) is 8.78 Å². The van der Waals surface area contributed by atoms with Gasteiger partial charge in [-0.3, -0.25) is 9.78 Å². The summed E-state index contributed by atoms with van der Waals surface area (Å²) in [5.74, 6) is -1.16. The van der Waals surface area contributed by atoms with Crippen LogP contribution < -0.4 is 4.74 Å². The molecule has 1 aromatic heterocycles. The molecule has 4 nitrogen and oxygen atoms in total.